The number of hydrogen-bond donors (Lipinski definition) is 2. The van der Waals surface area contributed by atoms with Crippen LogP contribution in [0.4, 0.5) is 0 Å². The molecule has 2 atom stereocenters. The van der Waals surface area contributed by atoms with Gasteiger partial charge in [-0.25, -0.2) is 0 Å². The van der Waals surface area contributed by atoms with Gasteiger partial charge in [0.05, 0.1) is 0 Å². The second kappa shape index (κ2) is 7.16. The molecular formula is C13H19NO3S. The van der Waals surface area contributed by atoms with Crippen molar-refractivity contribution in [2.45, 2.75) is 39.2 Å². The van der Waals surface area contributed by atoms with E-state index in [1.807, 2.05) is 18.4 Å². The molecule has 1 rings (SSSR count). The third-order valence-corrected chi connectivity index (χ3v) is 3.32. The van der Waals surface area contributed by atoms with E-state index in [0.717, 1.165) is 6.42 Å². The molecule has 1 aromatic heterocycles. The summed E-state index contributed by atoms with van der Waals surface area (Å²) in [6.45, 7) is 3.73. The van der Waals surface area contributed by atoms with Gasteiger partial charge >= 0.3 is 5.97 Å². The minimum absolute atomic E-state index is 0.0341. The lowest BCUT2D eigenvalue weighted by Gasteiger charge is -2.15. The van der Waals surface area contributed by atoms with E-state index >= 15 is 0 Å². The van der Waals surface area contributed by atoms with Gasteiger partial charge in [-0.15, -0.1) is 0 Å². The molecular weight excluding hydrogens is 250 g/mol. The van der Waals surface area contributed by atoms with Crippen molar-refractivity contribution in [2.75, 3.05) is 0 Å². The fraction of sp³-hybridized carbons (Fsp3) is 0.538. The molecule has 0 bridgehead atoms. The van der Waals surface area contributed by atoms with Crippen LogP contribution in [0.2, 0.25) is 0 Å². The first-order valence-corrected chi connectivity index (χ1v) is 6.94. The van der Waals surface area contributed by atoms with Crippen molar-refractivity contribution >= 4 is 23.2 Å². The molecule has 0 radical (unpaired) electrons. The molecule has 4 nitrogen and oxygen atoms in total. The van der Waals surface area contributed by atoms with Gasteiger partial charge < -0.3 is 10.4 Å². The molecule has 100 valence electrons. The van der Waals surface area contributed by atoms with Gasteiger partial charge in [0.2, 0.25) is 5.91 Å². The molecule has 0 aromatic carbocycles. The van der Waals surface area contributed by atoms with Gasteiger partial charge in [0, 0.05) is 18.9 Å². The zero-order chi connectivity index (χ0) is 13.5. The SMILES string of the molecule is CC(CC(=O)O)CC(=O)NC(C)Cc1ccsc1. The molecule has 1 aromatic rings. The Bertz CT molecular complexity index is 389. The van der Waals surface area contributed by atoms with Crippen LogP contribution in [0.15, 0.2) is 16.8 Å². The Kier molecular flexibility index (Phi) is 5.85. The summed E-state index contributed by atoms with van der Waals surface area (Å²) >= 11 is 1.64. The Morgan fingerprint density at radius 1 is 1.39 bits per heavy atom. The maximum Gasteiger partial charge on any atom is 0.303 e. The average molecular weight is 269 g/mol. The number of carbonyl (C=O) groups is 2. The quantitative estimate of drug-likeness (QED) is 0.798. The largest absolute Gasteiger partial charge is 0.481 e. The van der Waals surface area contributed by atoms with E-state index in [4.69, 9.17) is 5.11 Å². The number of nitrogens with one attached hydrogen (secondary N) is 1. The second-order valence-corrected chi connectivity index (χ2v) is 5.49. The summed E-state index contributed by atoms with van der Waals surface area (Å²) in [7, 11) is 0. The molecule has 0 saturated heterocycles. The molecule has 2 unspecified atom stereocenters. The molecule has 0 aliphatic carbocycles. The van der Waals surface area contributed by atoms with Crippen LogP contribution >= 0.6 is 11.3 Å². The average Bonchev–Trinajstić information content (AvgIpc) is 2.67. The van der Waals surface area contributed by atoms with Crippen molar-refractivity contribution in [1.82, 2.24) is 5.32 Å². The molecule has 0 saturated carbocycles. The Morgan fingerprint density at radius 2 is 2.11 bits per heavy atom. The second-order valence-electron chi connectivity index (χ2n) is 4.71. The minimum atomic E-state index is -0.860. The van der Waals surface area contributed by atoms with E-state index in [2.05, 4.69) is 10.7 Å². The number of carboxylic acids is 1. The van der Waals surface area contributed by atoms with Gasteiger partial charge in [0.25, 0.3) is 0 Å². The van der Waals surface area contributed by atoms with E-state index in [0.29, 0.717) is 0 Å². The highest BCUT2D eigenvalue weighted by Crippen LogP contribution is 2.10. The van der Waals surface area contributed by atoms with Gasteiger partial charge in [-0.2, -0.15) is 11.3 Å². The van der Waals surface area contributed by atoms with Crippen molar-refractivity contribution in [2.24, 2.45) is 5.92 Å². The van der Waals surface area contributed by atoms with Crippen LogP contribution in [0.3, 0.4) is 0 Å². The zero-order valence-corrected chi connectivity index (χ0v) is 11.5. The van der Waals surface area contributed by atoms with Crippen LogP contribution in [0.25, 0.3) is 0 Å². The lowest BCUT2D eigenvalue weighted by Crippen LogP contribution is -2.35. The number of carbonyl (C=O) groups excluding carboxylic acids is 1. The standard InChI is InChI=1S/C13H19NO3S/c1-9(6-13(16)17)5-12(15)14-10(2)7-11-3-4-18-8-11/h3-4,8-10H,5-7H2,1-2H3,(H,14,15)(H,16,17). The van der Waals surface area contributed by atoms with Crippen LogP contribution < -0.4 is 5.32 Å². The highest BCUT2D eigenvalue weighted by molar-refractivity contribution is 7.07. The van der Waals surface area contributed by atoms with Crippen molar-refractivity contribution in [3.05, 3.63) is 22.4 Å². The zero-order valence-electron chi connectivity index (χ0n) is 10.7. The smallest absolute Gasteiger partial charge is 0.303 e. The van der Waals surface area contributed by atoms with E-state index in [-0.39, 0.29) is 30.7 Å². The molecule has 1 heterocycles. The van der Waals surface area contributed by atoms with Crippen LogP contribution in [0, 0.1) is 5.92 Å². The highest BCUT2D eigenvalue weighted by atomic mass is 32.1. The number of amides is 1. The summed E-state index contributed by atoms with van der Waals surface area (Å²) in [5.41, 5.74) is 1.21. The third-order valence-electron chi connectivity index (χ3n) is 2.59. The van der Waals surface area contributed by atoms with E-state index in [1.54, 1.807) is 18.3 Å². The van der Waals surface area contributed by atoms with Crippen molar-refractivity contribution in [3.8, 4) is 0 Å². The van der Waals surface area contributed by atoms with Gasteiger partial charge in [-0.1, -0.05) is 6.92 Å². The van der Waals surface area contributed by atoms with Crippen LogP contribution in [-0.2, 0) is 16.0 Å². The number of thiophene rings is 1. The Labute approximate surface area is 111 Å². The fourth-order valence-corrected chi connectivity index (χ4v) is 2.52. The topological polar surface area (TPSA) is 66.4 Å². The van der Waals surface area contributed by atoms with Crippen molar-refractivity contribution < 1.29 is 14.7 Å². The predicted octanol–water partition coefficient (Wildman–Crippen LogP) is 2.30. The predicted molar refractivity (Wildman–Crippen MR) is 71.7 cm³/mol. The summed E-state index contributed by atoms with van der Waals surface area (Å²) in [6.07, 6.45) is 1.11. The molecule has 18 heavy (non-hydrogen) atoms. The van der Waals surface area contributed by atoms with E-state index in [1.165, 1.54) is 5.56 Å². The number of aliphatic carboxylic acids is 1. The lowest BCUT2D eigenvalue weighted by molar-refractivity contribution is -0.138. The first-order chi connectivity index (χ1) is 8.47. The van der Waals surface area contributed by atoms with E-state index < -0.39 is 5.97 Å². The van der Waals surface area contributed by atoms with Gasteiger partial charge in [0.15, 0.2) is 0 Å². The molecule has 2 N–H and O–H groups in total. The summed E-state index contributed by atoms with van der Waals surface area (Å²) in [6, 6.07) is 2.12. The normalized spacial score (nSPS) is 13.9. The van der Waals surface area contributed by atoms with Gasteiger partial charge in [0.1, 0.15) is 0 Å². The number of hydrogen-bond acceptors (Lipinski definition) is 3. The third kappa shape index (κ3) is 5.82. The molecule has 0 spiro atoms. The summed E-state index contributed by atoms with van der Waals surface area (Å²) in [5, 5.41) is 15.6. The number of carboxylic acid groups (broad SMARTS) is 1. The monoisotopic (exact) mass is 269 g/mol. The molecule has 5 heteroatoms. The van der Waals surface area contributed by atoms with E-state index in [9.17, 15) is 9.59 Å². The van der Waals surface area contributed by atoms with Crippen molar-refractivity contribution in [1.29, 1.82) is 0 Å². The van der Waals surface area contributed by atoms with Gasteiger partial charge in [-0.05, 0) is 41.7 Å². The first-order valence-electron chi connectivity index (χ1n) is 5.99. The molecule has 0 aliphatic rings. The Morgan fingerprint density at radius 3 is 2.67 bits per heavy atom. The summed E-state index contributed by atoms with van der Waals surface area (Å²) in [5.74, 6) is -1.07. The number of rotatable bonds is 7. The fourth-order valence-electron chi connectivity index (χ4n) is 1.83. The summed E-state index contributed by atoms with van der Waals surface area (Å²) < 4.78 is 0. The highest BCUT2D eigenvalue weighted by Gasteiger charge is 2.14. The lowest BCUT2D eigenvalue weighted by atomic mass is 10.0. The summed E-state index contributed by atoms with van der Waals surface area (Å²) in [4.78, 5) is 22.2. The maximum atomic E-state index is 11.7. The van der Waals surface area contributed by atoms with Gasteiger partial charge in [-0.3, -0.25) is 9.59 Å². The minimum Gasteiger partial charge on any atom is -0.481 e. The first kappa shape index (κ1) is 14.7. The Balaban J connectivity index is 2.29. The molecule has 0 aliphatic heterocycles. The molecule has 1 amide bonds. The Hall–Kier alpha value is -1.36. The van der Waals surface area contributed by atoms with Crippen LogP contribution in [0.1, 0.15) is 32.3 Å². The maximum absolute atomic E-state index is 11.7. The van der Waals surface area contributed by atoms with Crippen LogP contribution in [0.5, 0.6) is 0 Å². The van der Waals surface area contributed by atoms with Crippen molar-refractivity contribution in [3.63, 3.8) is 0 Å². The van der Waals surface area contributed by atoms with Crippen LogP contribution in [-0.4, -0.2) is 23.0 Å². The molecule has 0 fully saturated rings.